The fraction of sp³-hybridized carbons (Fsp3) is 0.200. The van der Waals surface area contributed by atoms with E-state index >= 15 is 0 Å². The number of ketones is 1. The van der Waals surface area contributed by atoms with Crippen LogP contribution >= 0.6 is 0 Å². The highest BCUT2D eigenvalue weighted by Gasteiger charge is 2.28. The number of benzene rings is 1. The number of carbonyl (C=O) groups is 2. The van der Waals surface area contributed by atoms with Crippen molar-refractivity contribution < 1.29 is 14.5 Å². The number of nitro benzene ring substituents is 1. The van der Waals surface area contributed by atoms with Crippen LogP contribution in [0.25, 0.3) is 0 Å². The van der Waals surface area contributed by atoms with E-state index in [0.717, 1.165) is 0 Å². The third-order valence-corrected chi connectivity index (χ3v) is 2.55. The third kappa shape index (κ3) is 1.59. The summed E-state index contributed by atoms with van der Waals surface area (Å²) in [6.45, 7) is 0.362. The lowest BCUT2D eigenvalue weighted by molar-refractivity contribution is -0.384. The number of hydrogen-bond donors (Lipinski definition) is 1. The molecule has 0 radical (unpaired) electrons. The van der Waals surface area contributed by atoms with Crippen molar-refractivity contribution in [2.45, 2.75) is 12.6 Å². The first-order valence-electron chi connectivity index (χ1n) is 4.63. The zero-order chi connectivity index (χ0) is 11.7. The Balaban J connectivity index is 2.39. The number of non-ortho nitro benzene ring substituents is 1. The molecule has 1 aromatic rings. The summed E-state index contributed by atoms with van der Waals surface area (Å²) in [5.41, 5.74) is 1.32. The summed E-state index contributed by atoms with van der Waals surface area (Å²) < 4.78 is 0. The zero-order valence-corrected chi connectivity index (χ0v) is 8.17. The summed E-state index contributed by atoms with van der Waals surface area (Å²) >= 11 is 0. The van der Waals surface area contributed by atoms with Gasteiger partial charge in [-0.1, -0.05) is 0 Å². The standard InChI is InChI=1S/C10H8N2O4/c13-5-9(14)10-8-2-1-7(12(15)16)3-6(8)4-11-10/h1-3,5,10-11H,4H2. The van der Waals surface area contributed by atoms with Gasteiger partial charge in [-0.3, -0.25) is 25.0 Å². The minimum absolute atomic E-state index is 0.0141. The Kier molecular flexibility index (Phi) is 2.49. The van der Waals surface area contributed by atoms with Gasteiger partial charge in [0.15, 0.2) is 6.29 Å². The molecule has 1 atom stereocenters. The largest absolute Gasteiger partial charge is 0.299 e. The van der Waals surface area contributed by atoms with E-state index in [1.54, 1.807) is 0 Å². The number of nitro groups is 1. The van der Waals surface area contributed by atoms with Gasteiger partial charge in [-0.2, -0.15) is 0 Å². The van der Waals surface area contributed by atoms with Gasteiger partial charge in [0.05, 0.1) is 11.0 Å². The Morgan fingerprint density at radius 3 is 2.94 bits per heavy atom. The summed E-state index contributed by atoms with van der Waals surface area (Å²) in [5, 5.41) is 13.4. The second-order valence-corrected chi connectivity index (χ2v) is 3.47. The van der Waals surface area contributed by atoms with E-state index in [4.69, 9.17) is 0 Å². The van der Waals surface area contributed by atoms with Crippen molar-refractivity contribution in [2.75, 3.05) is 0 Å². The fourth-order valence-electron chi connectivity index (χ4n) is 1.78. The molecule has 0 aliphatic carbocycles. The second kappa shape index (κ2) is 3.82. The van der Waals surface area contributed by atoms with Crippen LogP contribution in [-0.2, 0) is 16.1 Å². The molecule has 6 heteroatoms. The van der Waals surface area contributed by atoms with E-state index in [2.05, 4.69) is 5.32 Å². The predicted octanol–water partition coefficient (Wildman–Crippen LogP) is 0.507. The Bertz CT molecular complexity index is 484. The average Bonchev–Trinajstić information content (AvgIpc) is 2.70. The molecule has 1 N–H and O–H groups in total. The van der Waals surface area contributed by atoms with Crippen molar-refractivity contribution in [1.82, 2.24) is 5.32 Å². The molecule has 0 bridgehead atoms. The van der Waals surface area contributed by atoms with Crippen LogP contribution in [0.5, 0.6) is 0 Å². The SMILES string of the molecule is O=CC(=O)C1NCc2cc([N+](=O)[O-])ccc21. The topological polar surface area (TPSA) is 89.3 Å². The van der Waals surface area contributed by atoms with Crippen molar-refractivity contribution in [3.63, 3.8) is 0 Å². The molecule has 1 aliphatic heterocycles. The lowest BCUT2D eigenvalue weighted by Crippen LogP contribution is -2.22. The van der Waals surface area contributed by atoms with E-state index < -0.39 is 16.7 Å². The molecule has 0 aromatic heterocycles. The number of nitrogens with one attached hydrogen (secondary N) is 1. The molecule has 82 valence electrons. The van der Waals surface area contributed by atoms with Crippen molar-refractivity contribution in [1.29, 1.82) is 0 Å². The Morgan fingerprint density at radius 2 is 2.31 bits per heavy atom. The maximum atomic E-state index is 11.2. The van der Waals surface area contributed by atoms with Gasteiger partial charge >= 0.3 is 0 Å². The molecular formula is C10H8N2O4. The van der Waals surface area contributed by atoms with Crippen molar-refractivity contribution in [3.05, 3.63) is 39.4 Å². The van der Waals surface area contributed by atoms with E-state index in [1.165, 1.54) is 18.2 Å². The molecule has 0 spiro atoms. The lowest BCUT2D eigenvalue weighted by atomic mass is 10.0. The quantitative estimate of drug-likeness (QED) is 0.347. The van der Waals surface area contributed by atoms with Gasteiger partial charge in [-0.05, 0) is 17.2 Å². The molecule has 0 saturated carbocycles. The number of hydrogen-bond acceptors (Lipinski definition) is 5. The average molecular weight is 220 g/mol. The molecule has 0 amide bonds. The first kappa shape index (κ1) is 10.4. The van der Waals surface area contributed by atoms with Crippen LogP contribution in [0.1, 0.15) is 17.2 Å². The van der Waals surface area contributed by atoms with E-state index in [1.807, 2.05) is 0 Å². The summed E-state index contributed by atoms with van der Waals surface area (Å²) in [7, 11) is 0. The molecule has 1 unspecified atom stereocenters. The third-order valence-electron chi connectivity index (χ3n) is 2.55. The van der Waals surface area contributed by atoms with Crippen LogP contribution in [-0.4, -0.2) is 17.0 Å². The maximum absolute atomic E-state index is 11.2. The molecular weight excluding hydrogens is 212 g/mol. The van der Waals surface area contributed by atoms with Crippen molar-refractivity contribution >= 4 is 17.8 Å². The van der Waals surface area contributed by atoms with Crippen molar-refractivity contribution in [3.8, 4) is 0 Å². The van der Waals surface area contributed by atoms with Crippen LogP contribution in [0.4, 0.5) is 5.69 Å². The van der Waals surface area contributed by atoms with Crippen LogP contribution in [0, 0.1) is 10.1 Å². The number of aldehydes is 1. The van der Waals surface area contributed by atoms with Crippen LogP contribution in [0.15, 0.2) is 18.2 Å². The van der Waals surface area contributed by atoms with Gasteiger partial charge < -0.3 is 0 Å². The minimum Gasteiger partial charge on any atom is -0.299 e. The molecule has 1 aliphatic rings. The minimum atomic E-state index is -0.659. The summed E-state index contributed by atoms with van der Waals surface area (Å²) in [5.74, 6) is -0.562. The van der Waals surface area contributed by atoms with Gasteiger partial charge in [0.25, 0.3) is 5.69 Å². The van der Waals surface area contributed by atoms with E-state index in [0.29, 0.717) is 17.7 Å². The normalized spacial score (nSPS) is 17.9. The highest BCUT2D eigenvalue weighted by atomic mass is 16.6. The van der Waals surface area contributed by atoms with Gasteiger partial charge in [0.2, 0.25) is 5.78 Å². The summed E-state index contributed by atoms with van der Waals surface area (Å²) in [4.78, 5) is 31.7. The van der Waals surface area contributed by atoms with Gasteiger partial charge in [0, 0.05) is 18.7 Å². The number of fused-ring (bicyclic) bond motifs is 1. The van der Waals surface area contributed by atoms with Gasteiger partial charge in [0.1, 0.15) is 0 Å². The predicted molar refractivity (Wildman–Crippen MR) is 53.7 cm³/mol. The first-order valence-corrected chi connectivity index (χ1v) is 4.63. The molecule has 1 aromatic carbocycles. The lowest BCUT2D eigenvalue weighted by Gasteiger charge is -2.05. The maximum Gasteiger partial charge on any atom is 0.269 e. The molecule has 16 heavy (non-hydrogen) atoms. The highest BCUT2D eigenvalue weighted by Crippen LogP contribution is 2.28. The molecule has 2 rings (SSSR count). The summed E-state index contributed by atoms with van der Waals surface area (Å²) in [6.07, 6.45) is 0.258. The summed E-state index contributed by atoms with van der Waals surface area (Å²) in [6, 6.07) is 3.60. The Hall–Kier alpha value is -2.08. The molecule has 0 fully saturated rings. The number of nitrogens with zero attached hydrogens (tertiary/aromatic N) is 1. The van der Waals surface area contributed by atoms with Crippen LogP contribution in [0.2, 0.25) is 0 Å². The van der Waals surface area contributed by atoms with Crippen LogP contribution < -0.4 is 5.32 Å². The number of rotatable bonds is 3. The van der Waals surface area contributed by atoms with E-state index in [9.17, 15) is 19.7 Å². The molecule has 6 nitrogen and oxygen atoms in total. The van der Waals surface area contributed by atoms with E-state index in [-0.39, 0.29) is 12.0 Å². The van der Waals surface area contributed by atoms with Gasteiger partial charge in [-0.25, -0.2) is 0 Å². The van der Waals surface area contributed by atoms with Crippen molar-refractivity contribution in [2.24, 2.45) is 0 Å². The first-order chi connectivity index (χ1) is 7.63. The second-order valence-electron chi connectivity index (χ2n) is 3.47. The number of Topliss-reactive ketones (excluding diaryl/α,β-unsaturated/α-hetero) is 1. The molecule has 1 heterocycles. The highest BCUT2D eigenvalue weighted by molar-refractivity contribution is 6.27. The molecule has 0 saturated heterocycles. The number of carbonyl (C=O) groups excluding carboxylic acids is 2. The van der Waals surface area contributed by atoms with Gasteiger partial charge in [-0.15, -0.1) is 0 Å². The monoisotopic (exact) mass is 220 g/mol. The Labute approximate surface area is 90.4 Å². The fourth-order valence-corrected chi connectivity index (χ4v) is 1.78. The zero-order valence-electron chi connectivity index (χ0n) is 8.17. The Morgan fingerprint density at radius 1 is 1.56 bits per heavy atom. The van der Waals surface area contributed by atoms with Crippen LogP contribution in [0.3, 0.4) is 0 Å². The smallest absolute Gasteiger partial charge is 0.269 e.